The maximum Gasteiger partial charge on any atom is 0.237 e. The van der Waals surface area contributed by atoms with Crippen molar-refractivity contribution in [2.24, 2.45) is 5.73 Å². The number of rotatable bonds is 5. The molecular weight excluding hydrogens is 260 g/mol. The molecule has 0 aliphatic rings. The Bertz CT molecular complexity index is 580. The van der Waals surface area contributed by atoms with Crippen molar-refractivity contribution >= 4 is 5.91 Å². The molecule has 0 fully saturated rings. The molecule has 0 saturated carbocycles. The number of hydrogen-bond acceptors (Lipinski definition) is 6. The molecule has 0 spiro atoms. The highest BCUT2D eigenvalue weighted by Gasteiger charge is 2.14. The van der Waals surface area contributed by atoms with E-state index in [0.717, 1.165) is 5.56 Å². The van der Waals surface area contributed by atoms with Crippen LogP contribution < -0.4 is 11.1 Å². The molecule has 7 heteroatoms. The zero-order chi connectivity index (χ0) is 14.5. The zero-order valence-electron chi connectivity index (χ0n) is 11.0. The third-order valence-corrected chi connectivity index (χ3v) is 2.72. The van der Waals surface area contributed by atoms with Crippen molar-refractivity contribution < 1.29 is 14.4 Å². The van der Waals surface area contributed by atoms with Crippen LogP contribution >= 0.6 is 0 Å². The summed E-state index contributed by atoms with van der Waals surface area (Å²) >= 11 is 0. The van der Waals surface area contributed by atoms with E-state index in [9.17, 15) is 9.90 Å². The van der Waals surface area contributed by atoms with E-state index in [0.29, 0.717) is 18.1 Å². The van der Waals surface area contributed by atoms with Crippen molar-refractivity contribution in [3.05, 3.63) is 41.5 Å². The predicted molar refractivity (Wildman–Crippen MR) is 70.7 cm³/mol. The number of aromatic nitrogens is 2. The van der Waals surface area contributed by atoms with E-state index in [1.54, 1.807) is 31.2 Å². The number of nitrogens with one attached hydrogen (secondary N) is 1. The summed E-state index contributed by atoms with van der Waals surface area (Å²) in [6.45, 7) is 1.86. The summed E-state index contributed by atoms with van der Waals surface area (Å²) in [5.41, 5.74) is 6.69. The number of carbonyl (C=O) groups is 1. The quantitative estimate of drug-likeness (QED) is 0.722. The van der Waals surface area contributed by atoms with Gasteiger partial charge in [-0.05, 0) is 24.1 Å². The number of phenols is 1. The second-order valence-electron chi connectivity index (χ2n) is 4.42. The lowest BCUT2D eigenvalue weighted by molar-refractivity contribution is -0.122. The largest absolute Gasteiger partial charge is 0.508 e. The molecule has 2 aromatic rings. The first-order valence-corrected chi connectivity index (χ1v) is 6.15. The van der Waals surface area contributed by atoms with Crippen LogP contribution in [-0.4, -0.2) is 27.2 Å². The molecule has 0 aliphatic heterocycles. The Morgan fingerprint density at radius 3 is 2.75 bits per heavy atom. The van der Waals surface area contributed by atoms with Gasteiger partial charge in [0.1, 0.15) is 5.75 Å². The lowest BCUT2D eigenvalue weighted by atomic mass is 10.1. The van der Waals surface area contributed by atoms with E-state index in [2.05, 4.69) is 15.5 Å². The monoisotopic (exact) mass is 276 g/mol. The fourth-order valence-corrected chi connectivity index (χ4v) is 1.69. The molecular formula is C13H16N4O3. The highest BCUT2D eigenvalue weighted by molar-refractivity contribution is 5.81. The van der Waals surface area contributed by atoms with Gasteiger partial charge in [0.05, 0.1) is 12.6 Å². The summed E-state index contributed by atoms with van der Waals surface area (Å²) < 4.78 is 4.80. The topological polar surface area (TPSA) is 114 Å². The molecule has 1 aromatic carbocycles. The zero-order valence-corrected chi connectivity index (χ0v) is 11.0. The fourth-order valence-electron chi connectivity index (χ4n) is 1.69. The molecule has 1 atom stereocenters. The van der Waals surface area contributed by atoms with E-state index < -0.39 is 6.04 Å². The van der Waals surface area contributed by atoms with E-state index in [-0.39, 0.29) is 18.2 Å². The first-order valence-electron chi connectivity index (χ1n) is 6.15. The van der Waals surface area contributed by atoms with E-state index >= 15 is 0 Å². The van der Waals surface area contributed by atoms with Gasteiger partial charge in [-0.15, -0.1) is 0 Å². The molecule has 1 aromatic heterocycles. The van der Waals surface area contributed by atoms with E-state index in [1.807, 2.05) is 0 Å². The number of benzene rings is 1. The van der Waals surface area contributed by atoms with Gasteiger partial charge in [0, 0.05) is 6.92 Å². The van der Waals surface area contributed by atoms with Crippen LogP contribution in [0.4, 0.5) is 0 Å². The van der Waals surface area contributed by atoms with Gasteiger partial charge < -0.3 is 20.7 Å². The summed E-state index contributed by atoms with van der Waals surface area (Å²) in [6, 6.07) is 5.90. The van der Waals surface area contributed by atoms with E-state index in [1.165, 1.54) is 0 Å². The highest BCUT2D eigenvalue weighted by Crippen LogP contribution is 2.10. The van der Waals surface area contributed by atoms with Gasteiger partial charge in [-0.2, -0.15) is 4.98 Å². The molecule has 1 amide bonds. The highest BCUT2D eigenvalue weighted by atomic mass is 16.5. The molecule has 0 unspecified atom stereocenters. The standard InChI is InChI=1S/C13H16N4O3/c1-8-16-12(17-20-8)7-15-13(19)11(14)6-9-2-4-10(18)5-3-9/h2-5,11,18H,6-7,14H2,1H3,(H,15,19)/t11-/m0/s1. The van der Waals surface area contributed by atoms with Crippen LogP contribution in [0.1, 0.15) is 17.3 Å². The minimum atomic E-state index is -0.674. The van der Waals surface area contributed by atoms with Crippen LogP contribution in [0.3, 0.4) is 0 Å². The third kappa shape index (κ3) is 3.79. The van der Waals surface area contributed by atoms with Gasteiger partial charge in [-0.1, -0.05) is 17.3 Å². The van der Waals surface area contributed by atoms with Crippen LogP contribution in [0, 0.1) is 6.92 Å². The van der Waals surface area contributed by atoms with Gasteiger partial charge in [0.2, 0.25) is 11.8 Å². The van der Waals surface area contributed by atoms with Crippen LogP contribution in [0.2, 0.25) is 0 Å². The van der Waals surface area contributed by atoms with Crippen molar-refractivity contribution in [1.82, 2.24) is 15.5 Å². The normalized spacial score (nSPS) is 12.1. The summed E-state index contributed by atoms with van der Waals surface area (Å²) in [4.78, 5) is 15.8. The average molecular weight is 276 g/mol. The van der Waals surface area contributed by atoms with Crippen molar-refractivity contribution in [2.75, 3.05) is 0 Å². The van der Waals surface area contributed by atoms with Gasteiger partial charge in [0.15, 0.2) is 5.82 Å². The molecule has 4 N–H and O–H groups in total. The number of phenolic OH excluding ortho intramolecular Hbond substituents is 1. The second-order valence-corrected chi connectivity index (χ2v) is 4.42. The molecule has 0 bridgehead atoms. The number of amides is 1. The van der Waals surface area contributed by atoms with Crippen molar-refractivity contribution in [1.29, 1.82) is 0 Å². The summed E-state index contributed by atoms with van der Waals surface area (Å²) in [5, 5.41) is 15.5. The number of nitrogens with two attached hydrogens (primary N) is 1. The Hall–Kier alpha value is -2.41. The number of hydrogen-bond donors (Lipinski definition) is 3. The molecule has 0 aliphatic carbocycles. The van der Waals surface area contributed by atoms with Crippen LogP contribution in [0.25, 0.3) is 0 Å². The van der Waals surface area contributed by atoms with Crippen molar-refractivity contribution in [3.63, 3.8) is 0 Å². The molecule has 1 heterocycles. The summed E-state index contributed by atoms with van der Waals surface area (Å²) in [5.74, 6) is 0.745. The number of carbonyl (C=O) groups excluding carboxylic acids is 1. The molecule has 7 nitrogen and oxygen atoms in total. The number of nitrogens with zero attached hydrogens (tertiary/aromatic N) is 2. The first-order chi connectivity index (χ1) is 9.54. The van der Waals surface area contributed by atoms with Gasteiger partial charge in [-0.25, -0.2) is 0 Å². The molecule has 20 heavy (non-hydrogen) atoms. The molecule has 0 radical (unpaired) electrons. The fraction of sp³-hybridized carbons (Fsp3) is 0.308. The first kappa shape index (κ1) is 14.0. The SMILES string of the molecule is Cc1nc(CNC(=O)[C@@H](N)Cc2ccc(O)cc2)no1. The van der Waals surface area contributed by atoms with Crippen LogP contribution in [-0.2, 0) is 17.8 Å². The number of aryl methyl sites for hydroxylation is 1. The molecule has 106 valence electrons. The maximum absolute atomic E-state index is 11.8. The molecule has 0 saturated heterocycles. The Morgan fingerprint density at radius 2 is 2.15 bits per heavy atom. The minimum Gasteiger partial charge on any atom is -0.508 e. The lowest BCUT2D eigenvalue weighted by Gasteiger charge is -2.11. The Morgan fingerprint density at radius 1 is 1.45 bits per heavy atom. The van der Waals surface area contributed by atoms with Gasteiger partial charge >= 0.3 is 0 Å². The third-order valence-electron chi connectivity index (χ3n) is 2.72. The Kier molecular flexibility index (Phi) is 4.31. The Balaban J connectivity index is 1.84. The van der Waals surface area contributed by atoms with Crippen LogP contribution in [0.15, 0.2) is 28.8 Å². The lowest BCUT2D eigenvalue weighted by Crippen LogP contribution is -2.41. The van der Waals surface area contributed by atoms with Crippen LogP contribution in [0.5, 0.6) is 5.75 Å². The van der Waals surface area contributed by atoms with Crippen molar-refractivity contribution in [2.45, 2.75) is 25.9 Å². The summed E-state index contributed by atoms with van der Waals surface area (Å²) in [7, 11) is 0. The molecule has 2 rings (SSSR count). The van der Waals surface area contributed by atoms with Crippen molar-refractivity contribution in [3.8, 4) is 5.75 Å². The minimum absolute atomic E-state index is 0.180. The maximum atomic E-state index is 11.8. The average Bonchev–Trinajstić information content (AvgIpc) is 2.84. The van der Waals surface area contributed by atoms with E-state index in [4.69, 9.17) is 10.3 Å². The number of aromatic hydroxyl groups is 1. The Labute approximate surface area is 115 Å². The second kappa shape index (κ2) is 6.16. The summed E-state index contributed by atoms with van der Waals surface area (Å²) in [6.07, 6.45) is 0.386. The van der Waals surface area contributed by atoms with Gasteiger partial charge in [0.25, 0.3) is 0 Å². The van der Waals surface area contributed by atoms with Gasteiger partial charge in [-0.3, -0.25) is 4.79 Å². The predicted octanol–water partition coefficient (Wildman–Crippen LogP) is 0.270. The smallest absolute Gasteiger partial charge is 0.237 e.